The molecule has 4 rings (SSSR count). The molecule has 2 fully saturated rings. The molecule has 184 valence electrons. The number of nitrogens with one attached hydrogen (secondary N) is 2. The fourth-order valence-corrected chi connectivity index (χ4v) is 4.51. The Hall–Kier alpha value is -3.14. The summed E-state index contributed by atoms with van der Waals surface area (Å²) in [5, 5.41) is 16.9. The van der Waals surface area contributed by atoms with E-state index in [0.717, 1.165) is 19.3 Å². The number of rotatable bonds is 8. The van der Waals surface area contributed by atoms with Gasteiger partial charge in [0.1, 0.15) is 0 Å². The fraction of sp³-hybridized carbons (Fsp3) is 0.583. The third kappa shape index (κ3) is 4.72. The van der Waals surface area contributed by atoms with Crippen molar-refractivity contribution in [2.75, 3.05) is 26.8 Å². The Balaban J connectivity index is 1.73. The van der Waals surface area contributed by atoms with E-state index < -0.39 is 11.5 Å². The number of ether oxygens (including phenoxy) is 1. The summed E-state index contributed by atoms with van der Waals surface area (Å²) in [4.78, 5) is 40.6. The second-order valence-corrected chi connectivity index (χ2v) is 9.79. The lowest BCUT2D eigenvalue weighted by Crippen LogP contribution is -2.46. The van der Waals surface area contributed by atoms with E-state index in [1.54, 1.807) is 29.6 Å². The number of nitrogens with zero attached hydrogens (tertiary/aromatic N) is 3. The van der Waals surface area contributed by atoms with Gasteiger partial charge in [-0.25, -0.2) is 9.89 Å². The number of methoxy groups -OCH3 is 1. The summed E-state index contributed by atoms with van der Waals surface area (Å²) in [6.45, 7) is 8.11. The molecular formula is C24H34N5O5+. The number of H-pyrrole nitrogens is 1. The van der Waals surface area contributed by atoms with Crippen LogP contribution in [0.4, 0.5) is 0 Å². The molecule has 1 aliphatic carbocycles. The summed E-state index contributed by atoms with van der Waals surface area (Å²) in [6, 6.07) is 0.0505. The van der Waals surface area contributed by atoms with Gasteiger partial charge in [0.2, 0.25) is 11.5 Å². The molecule has 1 saturated heterocycles. The van der Waals surface area contributed by atoms with Crippen LogP contribution in [0.3, 0.4) is 0 Å². The lowest BCUT2D eigenvalue weighted by Gasteiger charge is -2.14. The molecule has 0 unspecified atom stereocenters. The SMILES string of the molecule is COC[C@H]1CCN(C(=O)/C=C/c2c(C)[nH]n3c(=O)c(C(=O)NC4CC4)c(O)[n+](CC(C)C)c23)C1. The molecule has 34 heavy (non-hydrogen) atoms. The molecule has 0 radical (unpaired) electrons. The first-order chi connectivity index (χ1) is 16.2. The number of aryl methyl sites for hydroxylation is 1. The van der Waals surface area contributed by atoms with E-state index in [4.69, 9.17) is 4.74 Å². The highest BCUT2D eigenvalue weighted by Gasteiger charge is 2.35. The van der Waals surface area contributed by atoms with Gasteiger partial charge in [0.25, 0.3) is 5.91 Å². The molecule has 1 aliphatic heterocycles. The Labute approximate surface area is 198 Å². The lowest BCUT2D eigenvalue weighted by atomic mass is 10.1. The van der Waals surface area contributed by atoms with Crippen LogP contribution in [0, 0.1) is 18.8 Å². The Bertz CT molecular complexity index is 1190. The van der Waals surface area contributed by atoms with E-state index in [1.165, 1.54) is 10.6 Å². The van der Waals surface area contributed by atoms with Crippen LogP contribution >= 0.6 is 0 Å². The van der Waals surface area contributed by atoms with Gasteiger partial charge in [-0.3, -0.25) is 9.59 Å². The maximum atomic E-state index is 13.2. The minimum absolute atomic E-state index is 0.0505. The average Bonchev–Trinajstić information content (AvgIpc) is 3.34. The highest BCUT2D eigenvalue weighted by molar-refractivity contribution is 5.96. The number of hydrogen-bond acceptors (Lipinski definition) is 5. The number of carbonyl (C=O) groups is 2. The molecule has 1 atom stereocenters. The zero-order valence-electron chi connectivity index (χ0n) is 20.3. The van der Waals surface area contributed by atoms with Crippen LogP contribution in [-0.2, 0) is 16.1 Å². The summed E-state index contributed by atoms with van der Waals surface area (Å²) in [5.74, 6) is -0.580. The smallest absolute Gasteiger partial charge is 0.378 e. The summed E-state index contributed by atoms with van der Waals surface area (Å²) >= 11 is 0. The van der Waals surface area contributed by atoms with Crippen molar-refractivity contribution in [1.82, 2.24) is 19.8 Å². The molecule has 2 aromatic rings. The number of carbonyl (C=O) groups excluding carboxylic acids is 2. The minimum Gasteiger partial charge on any atom is -0.477 e. The van der Waals surface area contributed by atoms with Gasteiger partial charge in [0.05, 0.1) is 24.4 Å². The number of aromatic amines is 1. The highest BCUT2D eigenvalue weighted by atomic mass is 16.5. The maximum Gasteiger partial charge on any atom is 0.378 e. The first-order valence-corrected chi connectivity index (χ1v) is 11.9. The number of aromatic hydroxyl groups is 1. The quantitative estimate of drug-likeness (QED) is 0.391. The van der Waals surface area contributed by atoms with Gasteiger partial charge in [-0.2, -0.15) is 4.57 Å². The third-order valence-electron chi connectivity index (χ3n) is 6.37. The van der Waals surface area contributed by atoms with Gasteiger partial charge in [0, 0.05) is 38.2 Å². The van der Waals surface area contributed by atoms with Crippen molar-refractivity contribution in [3.05, 3.63) is 33.3 Å². The fourth-order valence-electron chi connectivity index (χ4n) is 4.51. The van der Waals surface area contributed by atoms with Crippen molar-refractivity contribution in [1.29, 1.82) is 0 Å². The van der Waals surface area contributed by atoms with Crippen LogP contribution in [-0.4, -0.2) is 64.3 Å². The molecule has 2 aliphatic rings. The number of fused-ring (bicyclic) bond motifs is 1. The molecule has 2 aromatic heterocycles. The van der Waals surface area contributed by atoms with Gasteiger partial charge in [-0.15, -0.1) is 0 Å². The Kier molecular flexibility index (Phi) is 6.79. The molecule has 10 heteroatoms. The molecule has 3 heterocycles. The van der Waals surface area contributed by atoms with Crippen LogP contribution in [0.1, 0.15) is 54.7 Å². The van der Waals surface area contributed by atoms with Crippen LogP contribution in [0.25, 0.3) is 11.7 Å². The largest absolute Gasteiger partial charge is 0.477 e. The second-order valence-electron chi connectivity index (χ2n) is 9.79. The summed E-state index contributed by atoms with van der Waals surface area (Å²) < 4.78 is 8.07. The van der Waals surface area contributed by atoms with Crippen LogP contribution in [0.15, 0.2) is 10.9 Å². The number of amides is 2. The topological polar surface area (TPSA) is 120 Å². The Morgan fingerprint density at radius 2 is 2.06 bits per heavy atom. The van der Waals surface area contributed by atoms with Crippen molar-refractivity contribution in [2.24, 2.45) is 11.8 Å². The second kappa shape index (κ2) is 9.61. The van der Waals surface area contributed by atoms with Gasteiger partial charge in [-0.1, -0.05) is 18.4 Å². The average molecular weight is 473 g/mol. The zero-order chi connectivity index (χ0) is 24.6. The number of likely N-dealkylation sites (tertiary alicyclic amines) is 1. The molecule has 2 amide bonds. The Morgan fingerprint density at radius 1 is 1.32 bits per heavy atom. The van der Waals surface area contributed by atoms with Gasteiger partial charge in [-0.05, 0) is 38.2 Å². The normalized spacial score (nSPS) is 18.5. The summed E-state index contributed by atoms with van der Waals surface area (Å²) in [7, 11) is 1.66. The predicted octanol–water partition coefficient (Wildman–Crippen LogP) is 0.985. The van der Waals surface area contributed by atoms with E-state index in [9.17, 15) is 19.5 Å². The predicted molar refractivity (Wildman–Crippen MR) is 126 cm³/mol. The van der Waals surface area contributed by atoms with Crippen molar-refractivity contribution in [3.8, 4) is 5.88 Å². The van der Waals surface area contributed by atoms with E-state index >= 15 is 0 Å². The Morgan fingerprint density at radius 3 is 2.71 bits per heavy atom. The molecular weight excluding hydrogens is 438 g/mol. The van der Waals surface area contributed by atoms with Gasteiger partial charge < -0.3 is 20.1 Å². The first-order valence-electron chi connectivity index (χ1n) is 11.9. The van der Waals surface area contributed by atoms with Crippen LogP contribution in [0.5, 0.6) is 5.88 Å². The molecule has 10 nitrogen and oxygen atoms in total. The molecule has 0 spiro atoms. The van der Waals surface area contributed by atoms with Crippen molar-refractivity contribution in [2.45, 2.75) is 52.6 Å². The van der Waals surface area contributed by atoms with Crippen molar-refractivity contribution >= 4 is 23.5 Å². The number of hydrogen-bond donors (Lipinski definition) is 3. The standard InChI is InChI=1S/C24H33N5O5/c1-14(2)11-28-22-18(7-8-19(30)27-10-9-16(12-27)13-34-4)15(3)26-29(22)24(33)20(23(28)32)21(31)25-17-5-6-17/h7-8,14,16-17H,5-6,9-13H2,1-4H3,(H2,25,31,32,33)/p+1/b8-7+/t16-/m0/s1. The minimum atomic E-state index is -0.623. The molecule has 1 saturated carbocycles. The van der Waals surface area contributed by atoms with Crippen LogP contribution < -0.4 is 15.4 Å². The van der Waals surface area contributed by atoms with Crippen LogP contribution in [0.2, 0.25) is 0 Å². The van der Waals surface area contributed by atoms with E-state index in [-0.39, 0.29) is 29.3 Å². The highest BCUT2D eigenvalue weighted by Crippen LogP contribution is 2.22. The van der Waals surface area contributed by atoms with Crippen molar-refractivity contribution < 1.29 is 24.0 Å². The zero-order valence-corrected chi connectivity index (χ0v) is 20.3. The monoisotopic (exact) mass is 472 g/mol. The number of aromatic nitrogens is 3. The van der Waals surface area contributed by atoms with E-state index in [0.29, 0.717) is 49.1 Å². The van der Waals surface area contributed by atoms with E-state index in [2.05, 4.69) is 10.4 Å². The lowest BCUT2D eigenvalue weighted by molar-refractivity contribution is -0.686. The molecule has 3 N–H and O–H groups in total. The maximum absolute atomic E-state index is 13.2. The van der Waals surface area contributed by atoms with Crippen molar-refractivity contribution in [3.63, 3.8) is 0 Å². The molecule has 0 bridgehead atoms. The molecule has 0 aromatic carbocycles. The van der Waals surface area contributed by atoms with Gasteiger partial charge in [0.15, 0.2) is 0 Å². The van der Waals surface area contributed by atoms with E-state index in [1.807, 2.05) is 13.8 Å². The summed E-state index contributed by atoms with van der Waals surface area (Å²) in [5.41, 5.74) is 0.778. The van der Waals surface area contributed by atoms with Gasteiger partial charge >= 0.3 is 17.1 Å². The summed E-state index contributed by atoms with van der Waals surface area (Å²) in [6.07, 6.45) is 5.82. The third-order valence-corrected chi connectivity index (χ3v) is 6.37. The first kappa shape index (κ1) is 24.0.